The van der Waals surface area contributed by atoms with Crippen LogP contribution in [-0.2, 0) is 45.9 Å². The van der Waals surface area contributed by atoms with Crippen LogP contribution in [0.1, 0.15) is 127 Å². The molecule has 264 valence electrons. The normalized spacial score (nSPS) is 11.7. The van der Waals surface area contributed by atoms with Crippen LogP contribution >= 0.6 is 0 Å². The Kier molecular flexibility index (Phi) is 19.4. The summed E-state index contributed by atoms with van der Waals surface area (Å²) in [6.45, 7) is 8.61. The molecule has 4 rings (SSSR count). The minimum Gasteiger partial charge on any atom is -0.744 e. The molecule has 0 saturated carbocycles. The van der Waals surface area contributed by atoms with Crippen molar-refractivity contribution in [2.24, 2.45) is 0 Å². The topological polar surface area (TPSA) is 114 Å². The molecule has 0 saturated heterocycles. The van der Waals surface area contributed by atoms with Crippen LogP contribution in [0.15, 0.2) is 70.5 Å². The van der Waals surface area contributed by atoms with Crippen molar-refractivity contribution in [3.05, 3.63) is 82.9 Å². The Hall–Kier alpha value is -1.52. The third-order valence-electron chi connectivity index (χ3n) is 9.10. The molecule has 0 bridgehead atoms. The van der Waals surface area contributed by atoms with E-state index in [1.54, 1.807) is 0 Å². The van der Waals surface area contributed by atoms with Gasteiger partial charge in [0.2, 0.25) is 0 Å². The van der Waals surface area contributed by atoms with Gasteiger partial charge in [-0.05, 0) is 96.5 Å². The Morgan fingerprint density at radius 2 is 0.735 bits per heavy atom. The second kappa shape index (κ2) is 21.8. The van der Waals surface area contributed by atoms with Gasteiger partial charge in [0, 0.05) is 10.8 Å². The minimum atomic E-state index is -4.47. The smallest absolute Gasteiger partial charge is 0.744 e. The van der Waals surface area contributed by atoms with Crippen LogP contribution in [0, 0.1) is 0 Å². The molecule has 0 heterocycles. The van der Waals surface area contributed by atoms with E-state index in [4.69, 9.17) is 0 Å². The monoisotopic (exact) mass is 734 g/mol. The maximum Gasteiger partial charge on any atom is 2.00 e. The van der Waals surface area contributed by atoms with Gasteiger partial charge in [-0.3, -0.25) is 0 Å². The van der Waals surface area contributed by atoms with E-state index >= 15 is 0 Å². The summed E-state index contributed by atoms with van der Waals surface area (Å²) in [5.41, 5.74) is 4.24. The Morgan fingerprint density at radius 1 is 0.429 bits per heavy atom. The summed E-state index contributed by atoms with van der Waals surface area (Å²) < 4.78 is 70.5. The molecule has 6 nitrogen and oxygen atoms in total. The van der Waals surface area contributed by atoms with Gasteiger partial charge in [0.15, 0.2) is 0 Å². The minimum absolute atomic E-state index is 0. The molecular weight excluding hydrogens is 681 g/mol. The van der Waals surface area contributed by atoms with Crippen molar-refractivity contribution in [1.29, 1.82) is 0 Å². The fourth-order valence-corrected chi connectivity index (χ4v) is 8.00. The molecule has 0 radical (unpaired) electrons. The molecule has 0 atom stereocenters. The number of hydrogen-bond acceptors (Lipinski definition) is 6. The van der Waals surface area contributed by atoms with Gasteiger partial charge in [-0.15, -0.1) is 0 Å². The van der Waals surface area contributed by atoms with Gasteiger partial charge in [0.05, 0.1) is 9.79 Å². The standard InChI is InChI=1S/2C20H28O3S.Ca/c2*1-3-5-7-10-16-14-15-19(24(21,22)23)20-17(11-8-6-4-2)12-9-13-18(16)20;/h2*9,12-15H,3-8,10-11H2,1-2H3,(H,21,22,23);/q;;+2/p-2. The van der Waals surface area contributed by atoms with E-state index in [-0.39, 0.29) is 47.5 Å². The first-order valence-corrected chi connectivity index (χ1v) is 20.8. The van der Waals surface area contributed by atoms with Crippen molar-refractivity contribution in [3.8, 4) is 0 Å². The van der Waals surface area contributed by atoms with Gasteiger partial charge in [0.1, 0.15) is 20.2 Å². The number of rotatable bonds is 18. The Labute approximate surface area is 326 Å². The molecule has 0 aromatic heterocycles. The Bertz CT molecular complexity index is 1700. The quantitative estimate of drug-likeness (QED) is 0.0571. The van der Waals surface area contributed by atoms with Gasteiger partial charge >= 0.3 is 37.7 Å². The molecule has 9 heteroatoms. The fraction of sp³-hybridized carbons (Fsp3) is 0.500. The summed E-state index contributed by atoms with van der Waals surface area (Å²) >= 11 is 0. The molecule has 4 aromatic carbocycles. The van der Waals surface area contributed by atoms with Crippen molar-refractivity contribution >= 4 is 79.5 Å². The maximum absolute atomic E-state index is 11.7. The van der Waals surface area contributed by atoms with Crippen molar-refractivity contribution < 1.29 is 25.9 Å². The molecule has 0 aliphatic rings. The van der Waals surface area contributed by atoms with E-state index in [0.29, 0.717) is 10.8 Å². The number of fused-ring (bicyclic) bond motifs is 2. The van der Waals surface area contributed by atoms with E-state index in [2.05, 4.69) is 27.7 Å². The molecule has 49 heavy (non-hydrogen) atoms. The number of benzene rings is 4. The Morgan fingerprint density at radius 3 is 1.02 bits per heavy atom. The van der Waals surface area contributed by atoms with Crippen LogP contribution < -0.4 is 0 Å². The fourth-order valence-electron chi connectivity index (χ4n) is 6.55. The summed E-state index contributed by atoms with van der Waals surface area (Å²) in [5, 5.41) is 3.16. The summed E-state index contributed by atoms with van der Waals surface area (Å²) in [4.78, 5) is -0.132. The zero-order valence-electron chi connectivity index (χ0n) is 30.1. The number of unbranched alkanes of at least 4 members (excludes halogenated alkanes) is 8. The van der Waals surface area contributed by atoms with E-state index in [1.807, 2.05) is 48.5 Å². The first-order chi connectivity index (χ1) is 23.0. The number of hydrogen-bond donors (Lipinski definition) is 0. The van der Waals surface area contributed by atoms with Crippen LogP contribution in [-0.4, -0.2) is 63.7 Å². The predicted molar refractivity (Wildman–Crippen MR) is 202 cm³/mol. The first kappa shape index (κ1) is 43.6. The second-order valence-corrected chi connectivity index (χ2v) is 15.6. The van der Waals surface area contributed by atoms with Crippen LogP contribution in [0.25, 0.3) is 21.5 Å². The predicted octanol–water partition coefficient (Wildman–Crippen LogP) is 10.0. The zero-order chi connectivity index (χ0) is 35.2. The van der Waals surface area contributed by atoms with Crippen LogP contribution in [0.2, 0.25) is 0 Å². The maximum atomic E-state index is 11.7. The van der Waals surface area contributed by atoms with Crippen molar-refractivity contribution in [2.75, 3.05) is 0 Å². The Balaban J connectivity index is 0.000000333. The first-order valence-electron chi connectivity index (χ1n) is 18.0. The van der Waals surface area contributed by atoms with Gasteiger partial charge in [-0.2, -0.15) is 0 Å². The molecule has 0 aliphatic heterocycles. The summed E-state index contributed by atoms with van der Waals surface area (Å²) in [5.74, 6) is 0. The molecule has 0 aliphatic carbocycles. The molecule has 0 amide bonds. The molecule has 0 spiro atoms. The third-order valence-corrected chi connectivity index (χ3v) is 10.9. The van der Waals surface area contributed by atoms with Gasteiger partial charge in [-0.1, -0.05) is 128 Å². The van der Waals surface area contributed by atoms with Crippen LogP contribution in [0.5, 0.6) is 0 Å². The van der Waals surface area contributed by atoms with Gasteiger partial charge < -0.3 is 9.11 Å². The average Bonchev–Trinajstić information content (AvgIpc) is 3.05. The zero-order valence-corrected chi connectivity index (χ0v) is 33.9. The molecule has 0 unspecified atom stereocenters. The molecular formula is C40H54CaO6S2. The van der Waals surface area contributed by atoms with Crippen molar-refractivity contribution in [1.82, 2.24) is 0 Å². The van der Waals surface area contributed by atoms with E-state index in [1.165, 1.54) is 12.1 Å². The average molecular weight is 735 g/mol. The van der Waals surface area contributed by atoms with Crippen molar-refractivity contribution in [2.45, 2.75) is 140 Å². The summed E-state index contributed by atoms with van der Waals surface area (Å²) in [6, 6.07) is 18.4. The van der Waals surface area contributed by atoms with E-state index in [0.717, 1.165) is 136 Å². The second-order valence-electron chi connectivity index (χ2n) is 12.9. The summed E-state index contributed by atoms with van der Waals surface area (Å²) in [7, 11) is -8.95. The molecule has 4 aromatic rings. The van der Waals surface area contributed by atoms with Crippen LogP contribution in [0.4, 0.5) is 0 Å². The molecule has 0 N–H and O–H groups in total. The largest absolute Gasteiger partial charge is 2.00 e. The third kappa shape index (κ3) is 12.9. The van der Waals surface area contributed by atoms with E-state index in [9.17, 15) is 25.9 Å². The SMILES string of the molecule is CCCCCc1ccc(S(=O)(=O)[O-])c2c(CCCCC)cccc12.CCCCCc1ccc(S(=O)(=O)[O-])c2c(CCCCC)cccc12.[Ca+2]. The molecule has 0 fully saturated rings. The van der Waals surface area contributed by atoms with Gasteiger partial charge in [0.25, 0.3) is 0 Å². The van der Waals surface area contributed by atoms with Crippen LogP contribution in [0.3, 0.4) is 0 Å². The number of aryl methyl sites for hydroxylation is 4. The van der Waals surface area contributed by atoms with E-state index < -0.39 is 20.2 Å². The van der Waals surface area contributed by atoms with Gasteiger partial charge in [-0.25, -0.2) is 16.8 Å². The van der Waals surface area contributed by atoms with Crippen molar-refractivity contribution in [3.63, 3.8) is 0 Å². The summed E-state index contributed by atoms with van der Waals surface area (Å²) in [6.07, 6.45) is 16.7.